The van der Waals surface area contributed by atoms with Crippen molar-refractivity contribution in [2.24, 2.45) is 5.41 Å². The number of amides is 1. The highest BCUT2D eigenvalue weighted by atomic mass is 35.5. The molecule has 1 aliphatic heterocycles. The van der Waals surface area contributed by atoms with Crippen LogP contribution in [0.15, 0.2) is 30.5 Å². The van der Waals surface area contributed by atoms with Gasteiger partial charge in [0.2, 0.25) is 5.28 Å². The summed E-state index contributed by atoms with van der Waals surface area (Å²) in [4.78, 5) is 28.4. The van der Waals surface area contributed by atoms with Gasteiger partial charge in [-0.3, -0.25) is 0 Å². The van der Waals surface area contributed by atoms with Gasteiger partial charge in [-0.1, -0.05) is 6.07 Å². The zero-order chi connectivity index (χ0) is 27.1. The highest BCUT2D eigenvalue weighted by Crippen LogP contribution is 2.51. The van der Waals surface area contributed by atoms with Gasteiger partial charge < -0.3 is 15.4 Å². The van der Waals surface area contributed by atoms with Crippen LogP contribution in [0.5, 0.6) is 0 Å². The summed E-state index contributed by atoms with van der Waals surface area (Å²) >= 11 is 7.63. The Labute approximate surface area is 231 Å². The summed E-state index contributed by atoms with van der Waals surface area (Å²) in [6.07, 6.45) is 7.51. The van der Waals surface area contributed by atoms with E-state index in [0.717, 1.165) is 61.5 Å². The minimum atomic E-state index is -0.485. The Kier molecular flexibility index (Phi) is 7.35. The van der Waals surface area contributed by atoms with E-state index in [4.69, 9.17) is 27.1 Å². The fraction of sp³-hybridized carbons (Fsp3) is 0.500. The van der Waals surface area contributed by atoms with Gasteiger partial charge in [-0.25, -0.2) is 24.1 Å². The molecule has 1 saturated heterocycles. The van der Waals surface area contributed by atoms with Crippen LogP contribution in [0.3, 0.4) is 0 Å². The lowest BCUT2D eigenvalue weighted by atomic mass is 9.65. The van der Waals surface area contributed by atoms with Crippen molar-refractivity contribution in [3.63, 3.8) is 0 Å². The number of ether oxygens (including phenoxy) is 1. The third kappa shape index (κ3) is 5.64. The number of hydrogen-bond acceptors (Lipinski definition) is 7. The van der Waals surface area contributed by atoms with E-state index in [1.807, 2.05) is 25.7 Å². The number of aromatic nitrogens is 3. The fourth-order valence-corrected chi connectivity index (χ4v) is 6.90. The van der Waals surface area contributed by atoms with Crippen LogP contribution >= 0.6 is 22.9 Å². The molecule has 0 unspecified atom stereocenters. The molecule has 2 fully saturated rings. The number of rotatable bonds is 3. The number of anilines is 1. The topological polar surface area (TPSA) is 94.2 Å². The average molecular weight is 558 g/mol. The molecule has 1 amide bonds. The molecule has 202 valence electrons. The molecule has 0 bridgehead atoms. The number of carbonyl (C=O) groups excluding carboxylic acids is 1. The molecule has 3 aromatic rings. The lowest BCUT2D eigenvalue weighted by molar-refractivity contribution is 0.00346. The molecule has 3 heterocycles. The summed E-state index contributed by atoms with van der Waals surface area (Å²) in [7, 11) is 0. The molecule has 1 aliphatic carbocycles. The summed E-state index contributed by atoms with van der Waals surface area (Å²) in [6.45, 7) is 7.15. The summed E-state index contributed by atoms with van der Waals surface area (Å²) in [5.41, 5.74) is 7.24. The van der Waals surface area contributed by atoms with E-state index in [-0.39, 0.29) is 28.4 Å². The zero-order valence-corrected chi connectivity index (χ0v) is 23.5. The second-order valence-electron chi connectivity index (χ2n) is 11.4. The normalized spacial score (nSPS) is 18.1. The van der Waals surface area contributed by atoms with Crippen LogP contribution in [0, 0.1) is 11.2 Å². The number of piperidine rings is 1. The number of likely N-dealkylation sites (tertiary alicyclic amines) is 1. The van der Waals surface area contributed by atoms with Crippen LogP contribution in [0.4, 0.5) is 14.9 Å². The Balaban J connectivity index is 1.34. The second-order valence-corrected chi connectivity index (χ2v) is 12.8. The third-order valence-electron chi connectivity index (χ3n) is 7.66. The standard InChI is InChI=1S/C28H33ClFN5O2S/c1-27(2,3)37-26(36)35-15-12-28(13-16-35)10-7-17(8-11-28)24-34-22(18-5-4-6-19(31)21(18)30)23(38-24)20-9-14-32-25(29)33-20/h4-6,9,14,17H,7-8,10-13,15-16,31H2,1-3H3. The number of benzene rings is 1. The van der Waals surface area contributed by atoms with Crippen molar-refractivity contribution in [1.29, 1.82) is 0 Å². The van der Waals surface area contributed by atoms with Gasteiger partial charge in [-0.05, 0) is 94.5 Å². The maximum Gasteiger partial charge on any atom is 0.410 e. The van der Waals surface area contributed by atoms with E-state index in [0.29, 0.717) is 17.0 Å². The van der Waals surface area contributed by atoms with Crippen molar-refractivity contribution in [3.05, 3.63) is 46.6 Å². The molecule has 38 heavy (non-hydrogen) atoms. The summed E-state index contributed by atoms with van der Waals surface area (Å²) < 4.78 is 20.6. The molecular weight excluding hydrogens is 525 g/mol. The highest BCUT2D eigenvalue weighted by molar-refractivity contribution is 7.15. The molecule has 1 aromatic carbocycles. The van der Waals surface area contributed by atoms with Crippen molar-refractivity contribution in [2.75, 3.05) is 18.8 Å². The number of nitrogens with zero attached hydrogens (tertiary/aromatic N) is 4. The predicted molar refractivity (Wildman–Crippen MR) is 149 cm³/mol. The SMILES string of the molecule is CC(C)(C)OC(=O)N1CCC2(CCC(c3nc(-c4cccc(N)c4F)c(-c4ccnc(Cl)n4)s3)CC2)CC1. The monoisotopic (exact) mass is 557 g/mol. The van der Waals surface area contributed by atoms with E-state index in [1.54, 1.807) is 41.8 Å². The minimum absolute atomic E-state index is 0.0843. The van der Waals surface area contributed by atoms with Crippen molar-refractivity contribution < 1.29 is 13.9 Å². The largest absolute Gasteiger partial charge is 0.444 e. The van der Waals surface area contributed by atoms with Crippen molar-refractivity contribution in [1.82, 2.24) is 19.9 Å². The first-order valence-electron chi connectivity index (χ1n) is 13.1. The van der Waals surface area contributed by atoms with Gasteiger partial charge in [0.1, 0.15) is 5.60 Å². The van der Waals surface area contributed by atoms with Gasteiger partial charge in [0, 0.05) is 30.8 Å². The Hall–Kier alpha value is -2.78. The number of thiazole rings is 1. The number of halogens is 2. The smallest absolute Gasteiger partial charge is 0.410 e. The maximum absolute atomic E-state index is 15.1. The number of carbonyl (C=O) groups is 1. The summed E-state index contributed by atoms with van der Waals surface area (Å²) in [5, 5.41) is 1.11. The maximum atomic E-state index is 15.1. The van der Waals surface area contributed by atoms with Gasteiger partial charge in [-0.2, -0.15) is 0 Å². The molecule has 5 rings (SSSR count). The number of hydrogen-bond donors (Lipinski definition) is 1. The molecule has 2 aromatic heterocycles. The Morgan fingerprint density at radius 2 is 1.87 bits per heavy atom. The first-order valence-corrected chi connectivity index (χ1v) is 14.2. The van der Waals surface area contributed by atoms with Gasteiger partial charge in [-0.15, -0.1) is 11.3 Å². The van der Waals surface area contributed by atoms with E-state index < -0.39 is 11.4 Å². The summed E-state index contributed by atoms with van der Waals surface area (Å²) in [5.74, 6) is -0.200. The lowest BCUT2D eigenvalue weighted by Crippen LogP contribution is -2.46. The average Bonchev–Trinajstić information content (AvgIpc) is 3.31. The van der Waals surface area contributed by atoms with Gasteiger partial charge in [0.15, 0.2) is 5.82 Å². The Bertz CT molecular complexity index is 1320. The Morgan fingerprint density at radius 3 is 2.53 bits per heavy atom. The zero-order valence-electron chi connectivity index (χ0n) is 22.0. The molecule has 2 N–H and O–H groups in total. The van der Waals surface area contributed by atoms with E-state index in [1.165, 1.54) is 0 Å². The number of nitrogen functional groups attached to an aromatic ring is 1. The molecule has 1 spiro atoms. The highest BCUT2D eigenvalue weighted by Gasteiger charge is 2.41. The minimum Gasteiger partial charge on any atom is -0.444 e. The molecule has 0 atom stereocenters. The molecular formula is C28H33ClFN5O2S. The predicted octanol–water partition coefficient (Wildman–Crippen LogP) is 7.32. The molecule has 1 saturated carbocycles. The van der Waals surface area contributed by atoms with Gasteiger partial charge in [0.05, 0.1) is 27.0 Å². The second kappa shape index (κ2) is 10.4. The Morgan fingerprint density at radius 1 is 1.16 bits per heavy atom. The molecule has 0 radical (unpaired) electrons. The fourth-order valence-electron chi connectivity index (χ4n) is 5.53. The van der Waals surface area contributed by atoms with Crippen LogP contribution in [-0.4, -0.2) is 44.6 Å². The third-order valence-corrected chi connectivity index (χ3v) is 9.08. The molecule has 7 nitrogen and oxygen atoms in total. The van der Waals surface area contributed by atoms with E-state index in [9.17, 15) is 4.79 Å². The number of nitrogens with two attached hydrogens (primary N) is 1. The first-order chi connectivity index (χ1) is 18.0. The van der Waals surface area contributed by atoms with Crippen LogP contribution in [0.1, 0.15) is 70.2 Å². The van der Waals surface area contributed by atoms with Crippen LogP contribution in [0.2, 0.25) is 5.28 Å². The van der Waals surface area contributed by atoms with Crippen molar-refractivity contribution in [3.8, 4) is 21.8 Å². The van der Waals surface area contributed by atoms with E-state index >= 15 is 4.39 Å². The van der Waals surface area contributed by atoms with E-state index in [2.05, 4.69) is 9.97 Å². The van der Waals surface area contributed by atoms with Gasteiger partial charge in [0.25, 0.3) is 0 Å². The first kappa shape index (κ1) is 26.8. The van der Waals surface area contributed by atoms with Crippen LogP contribution in [0.25, 0.3) is 21.8 Å². The van der Waals surface area contributed by atoms with Crippen LogP contribution in [-0.2, 0) is 4.74 Å². The summed E-state index contributed by atoms with van der Waals surface area (Å²) in [6, 6.07) is 6.75. The molecule has 2 aliphatic rings. The van der Waals surface area contributed by atoms with Crippen molar-refractivity contribution in [2.45, 2.75) is 70.8 Å². The van der Waals surface area contributed by atoms with Gasteiger partial charge >= 0.3 is 6.09 Å². The quantitative estimate of drug-likeness (QED) is 0.268. The van der Waals surface area contributed by atoms with Crippen LogP contribution < -0.4 is 5.73 Å². The lowest BCUT2D eigenvalue weighted by Gasteiger charge is -2.45. The molecule has 10 heteroatoms. The van der Waals surface area contributed by atoms with Crippen molar-refractivity contribution >= 4 is 34.7 Å².